The summed E-state index contributed by atoms with van der Waals surface area (Å²) in [5.74, 6) is 0. The molecule has 1 aromatic rings. The van der Waals surface area contributed by atoms with Crippen LogP contribution in [0.15, 0.2) is 18.2 Å². The highest BCUT2D eigenvalue weighted by Gasteiger charge is 2.10. The number of hydrogen-bond acceptors (Lipinski definition) is 1. The summed E-state index contributed by atoms with van der Waals surface area (Å²) in [6, 6.07) is 6.24. The van der Waals surface area contributed by atoms with E-state index in [9.17, 15) is 5.11 Å². The van der Waals surface area contributed by atoms with Gasteiger partial charge in [-0.25, -0.2) is 0 Å². The van der Waals surface area contributed by atoms with Crippen molar-refractivity contribution in [3.05, 3.63) is 34.9 Å². The molecular weight excluding hydrogens is 256 g/mol. The number of unbranched alkanes of at least 4 members (excludes halogenated alkanes) is 8. The van der Waals surface area contributed by atoms with E-state index in [0.717, 1.165) is 18.4 Å². The minimum Gasteiger partial charge on any atom is -0.388 e. The van der Waals surface area contributed by atoms with Crippen LogP contribution in [0.25, 0.3) is 0 Å². The minimum atomic E-state index is -0.283. The Balaban J connectivity index is 2.11. The standard InChI is InChI=1S/C20H34O/c1-4-5-6-7-8-9-10-11-12-16-20(21)19-15-13-14-17(2)18(19)3/h13-15,20-21H,4-12,16H2,1-3H3. The molecule has 1 heteroatoms. The first-order valence-electron chi connectivity index (χ1n) is 8.91. The molecule has 1 nitrogen and oxygen atoms in total. The van der Waals surface area contributed by atoms with Gasteiger partial charge in [0.1, 0.15) is 0 Å². The van der Waals surface area contributed by atoms with Crippen molar-refractivity contribution in [2.75, 3.05) is 0 Å². The molecule has 0 aliphatic carbocycles. The third-order valence-electron chi connectivity index (χ3n) is 4.59. The molecule has 0 amide bonds. The Kier molecular flexibility index (Phi) is 9.41. The van der Waals surface area contributed by atoms with Crippen LogP contribution >= 0.6 is 0 Å². The van der Waals surface area contributed by atoms with E-state index in [4.69, 9.17) is 0 Å². The van der Waals surface area contributed by atoms with Crippen LogP contribution in [0.1, 0.15) is 93.9 Å². The molecule has 0 bridgehead atoms. The van der Waals surface area contributed by atoms with Crippen molar-refractivity contribution in [3.63, 3.8) is 0 Å². The molecule has 1 atom stereocenters. The molecule has 1 unspecified atom stereocenters. The third kappa shape index (κ3) is 7.13. The lowest BCUT2D eigenvalue weighted by Gasteiger charge is -2.15. The Labute approximate surface area is 131 Å². The number of aliphatic hydroxyl groups excluding tert-OH is 1. The summed E-state index contributed by atoms with van der Waals surface area (Å²) in [4.78, 5) is 0. The van der Waals surface area contributed by atoms with Crippen LogP contribution in [0.5, 0.6) is 0 Å². The van der Waals surface area contributed by atoms with Gasteiger partial charge in [0.25, 0.3) is 0 Å². The fourth-order valence-electron chi connectivity index (χ4n) is 2.94. The maximum Gasteiger partial charge on any atom is 0.0792 e. The Bertz CT molecular complexity index is 383. The van der Waals surface area contributed by atoms with Crippen molar-refractivity contribution >= 4 is 0 Å². The molecule has 0 saturated heterocycles. The summed E-state index contributed by atoms with van der Waals surface area (Å²) < 4.78 is 0. The topological polar surface area (TPSA) is 20.2 Å². The monoisotopic (exact) mass is 290 g/mol. The van der Waals surface area contributed by atoms with Crippen LogP contribution in [0, 0.1) is 13.8 Å². The van der Waals surface area contributed by atoms with E-state index in [-0.39, 0.29) is 6.10 Å². The van der Waals surface area contributed by atoms with Crippen LogP contribution in [-0.4, -0.2) is 5.11 Å². The molecule has 0 spiro atoms. The number of benzene rings is 1. The van der Waals surface area contributed by atoms with E-state index in [1.807, 2.05) is 0 Å². The Morgan fingerprint density at radius 2 is 1.43 bits per heavy atom. The van der Waals surface area contributed by atoms with Crippen molar-refractivity contribution in [1.82, 2.24) is 0 Å². The first-order valence-corrected chi connectivity index (χ1v) is 8.91. The van der Waals surface area contributed by atoms with Crippen LogP contribution in [0.4, 0.5) is 0 Å². The molecule has 0 aliphatic rings. The number of rotatable bonds is 11. The SMILES string of the molecule is CCCCCCCCCCCC(O)c1cccc(C)c1C. The van der Waals surface area contributed by atoms with Crippen molar-refractivity contribution in [3.8, 4) is 0 Å². The van der Waals surface area contributed by atoms with E-state index in [1.54, 1.807) is 0 Å². The predicted octanol–water partition coefficient (Wildman–Crippen LogP) is 6.26. The van der Waals surface area contributed by atoms with Crippen molar-refractivity contribution < 1.29 is 5.11 Å². The number of aliphatic hydroxyl groups is 1. The van der Waals surface area contributed by atoms with E-state index in [0.29, 0.717) is 0 Å². The Morgan fingerprint density at radius 3 is 2.05 bits per heavy atom. The van der Waals surface area contributed by atoms with Crippen LogP contribution in [0.3, 0.4) is 0 Å². The van der Waals surface area contributed by atoms with Gasteiger partial charge in [0.05, 0.1) is 6.10 Å². The van der Waals surface area contributed by atoms with Gasteiger partial charge in [-0.2, -0.15) is 0 Å². The van der Waals surface area contributed by atoms with E-state index in [1.165, 1.54) is 62.5 Å². The summed E-state index contributed by atoms with van der Waals surface area (Å²) in [5.41, 5.74) is 3.65. The number of aryl methyl sites for hydroxylation is 1. The fourth-order valence-corrected chi connectivity index (χ4v) is 2.94. The zero-order valence-electron chi connectivity index (χ0n) is 14.3. The molecule has 1 rings (SSSR count). The quantitative estimate of drug-likeness (QED) is 0.477. The molecule has 0 saturated carbocycles. The molecule has 0 aromatic heterocycles. The van der Waals surface area contributed by atoms with Crippen molar-refractivity contribution in [2.24, 2.45) is 0 Å². The number of hydrogen-bond donors (Lipinski definition) is 1. The van der Waals surface area contributed by atoms with Crippen LogP contribution in [-0.2, 0) is 0 Å². The van der Waals surface area contributed by atoms with Crippen LogP contribution in [0.2, 0.25) is 0 Å². The van der Waals surface area contributed by atoms with Crippen molar-refractivity contribution in [1.29, 1.82) is 0 Å². The molecule has 0 fully saturated rings. The summed E-state index contributed by atoms with van der Waals surface area (Å²) in [5, 5.41) is 10.3. The fraction of sp³-hybridized carbons (Fsp3) is 0.700. The second-order valence-corrected chi connectivity index (χ2v) is 6.42. The normalized spacial score (nSPS) is 12.6. The van der Waals surface area contributed by atoms with E-state index < -0.39 is 0 Å². The van der Waals surface area contributed by atoms with Gasteiger partial charge in [0, 0.05) is 0 Å². The molecule has 0 radical (unpaired) electrons. The van der Waals surface area contributed by atoms with E-state index >= 15 is 0 Å². The van der Waals surface area contributed by atoms with Gasteiger partial charge >= 0.3 is 0 Å². The second kappa shape index (κ2) is 10.8. The predicted molar refractivity (Wildman–Crippen MR) is 92.7 cm³/mol. The first-order chi connectivity index (χ1) is 10.2. The van der Waals surface area contributed by atoms with E-state index in [2.05, 4.69) is 39.0 Å². The van der Waals surface area contributed by atoms with Gasteiger partial charge in [0.15, 0.2) is 0 Å². The molecule has 0 heterocycles. The minimum absolute atomic E-state index is 0.283. The van der Waals surface area contributed by atoms with Gasteiger partial charge in [-0.15, -0.1) is 0 Å². The molecule has 21 heavy (non-hydrogen) atoms. The lowest BCUT2D eigenvalue weighted by molar-refractivity contribution is 0.162. The summed E-state index contributed by atoms with van der Waals surface area (Å²) in [6.07, 6.45) is 12.6. The molecular formula is C20H34O. The highest BCUT2D eigenvalue weighted by molar-refractivity contribution is 5.34. The highest BCUT2D eigenvalue weighted by Crippen LogP contribution is 2.25. The summed E-state index contributed by atoms with van der Waals surface area (Å²) in [7, 11) is 0. The smallest absolute Gasteiger partial charge is 0.0792 e. The second-order valence-electron chi connectivity index (χ2n) is 6.42. The largest absolute Gasteiger partial charge is 0.388 e. The van der Waals surface area contributed by atoms with Crippen molar-refractivity contribution in [2.45, 2.75) is 91.1 Å². The summed E-state index contributed by atoms with van der Waals surface area (Å²) in [6.45, 7) is 6.50. The Hall–Kier alpha value is -0.820. The molecule has 120 valence electrons. The third-order valence-corrected chi connectivity index (χ3v) is 4.59. The van der Waals surface area contributed by atoms with Gasteiger partial charge < -0.3 is 5.11 Å². The van der Waals surface area contributed by atoms with Gasteiger partial charge in [-0.1, -0.05) is 82.9 Å². The molecule has 1 N–H and O–H groups in total. The molecule has 0 aliphatic heterocycles. The maximum absolute atomic E-state index is 10.3. The summed E-state index contributed by atoms with van der Waals surface area (Å²) >= 11 is 0. The average Bonchev–Trinajstić information content (AvgIpc) is 2.48. The maximum atomic E-state index is 10.3. The lowest BCUT2D eigenvalue weighted by Crippen LogP contribution is -2.01. The van der Waals surface area contributed by atoms with Gasteiger partial charge in [-0.3, -0.25) is 0 Å². The lowest BCUT2D eigenvalue weighted by atomic mass is 9.95. The van der Waals surface area contributed by atoms with Crippen LogP contribution < -0.4 is 0 Å². The first kappa shape index (κ1) is 18.2. The zero-order valence-corrected chi connectivity index (χ0v) is 14.3. The van der Waals surface area contributed by atoms with Gasteiger partial charge in [0.2, 0.25) is 0 Å². The molecule has 1 aromatic carbocycles. The zero-order chi connectivity index (χ0) is 15.5. The average molecular weight is 290 g/mol. The van der Waals surface area contributed by atoms with Gasteiger partial charge in [-0.05, 0) is 37.0 Å². The Morgan fingerprint density at radius 1 is 0.857 bits per heavy atom. The highest BCUT2D eigenvalue weighted by atomic mass is 16.3.